The molecule has 8 heteroatoms. The van der Waals surface area contributed by atoms with Crippen LogP contribution in [0.15, 0.2) is 34.2 Å². The minimum atomic E-state index is -0.550. The van der Waals surface area contributed by atoms with Gasteiger partial charge in [0.05, 0.1) is 23.3 Å². The van der Waals surface area contributed by atoms with Crippen LogP contribution in [0.4, 0.5) is 0 Å². The molecular weight excluding hydrogens is 354 g/mol. The Morgan fingerprint density at radius 1 is 1.27 bits per heavy atom. The van der Waals surface area contributed by atoms with Crippen molar-refractivity contribution >= 4 is 34.5 Å². The van der Waals surface area contributed by atoms with Crippen LogP contribution in [0.2, 0.25) is 0 Å². The average Bonchev–Trinajstić information content (AvgIpc) is 2.61. The molecule has 0 N–H and O–H groups in total. The number of hydrogen-bond donors (Lipinski definition) is 0. The molecule has 2 rings (SSSR count). The molecule has 1 aromatic carbocycles. The molecule has 0 bridgehead atoms. The van der Waals surface area contributed by atoms with Crippen molar-refractivity contribution in [2.75, 3.05) is 21.2 Å². The van der Waals surface area contributed by atoms with E-state index in [1.165, 1.54) is 28.3 Å². The highest BCUT2D eigenvalue weighted by Gasteiger charge is 2.28. The summed E-state index contributed by atoms with van der Waals surface area (Å²) in [6, 6.07) is 6.94. The lowest BCUT2D eigenvalue weighted by molar-refractivity contribution is -0.141. The van der Waals surface area contributed by atoms with Gasteiger partial charge < -0.3 is 9.64 Å². The number of benzene rings is 1. The summed E-state index contributed by atoms with van der Waals surface area (Å²) >= 11 is 1.19. The Balaban J connectivity index is 2.59. The summed E-state index contributed by atoms with van der Waals surface area (Å²) in [4.78, 5) is 43.2. The zero-order valence-electron chi connectivity index (χ0n) is 15.6. The maximum Gasteiger partial charge on any atom is 0.325 e. The topological polar surface area (TPSA) is 81.5 Å². The number of methoxy groups -OCH3 is 1. The number of hydrogen-bond acceptors (Lipinski definition) is 6. The van der Waals surface area contributed by atoms with Gasteiger partial charge in [-0.15, -0.1) is 0 Å². The highest BCUT2D eigenvalue weighted by atomic mass is 32.2. The van der Waals surface area contributed by atoms with Gasteiger partial charge in [-0.25, -0.2) is 4.98 Å². The van der Waals surface area contributed by atoms with Crippen LogP contribution in [-0.2, 0) is 20.9 Å². The van der Waals surface area contributed by atoms with Crippen LogP contribution < -0.4 is 5.56 Å². The van der Waals surface area contributed by atoms with Crippen LogP contribution in [0, 0.1) is 5.92 Å². The number of thioether (sulfide) groups is 1. The molecule has 0 unspecified atom stereocenters. The number of nitrogens with zero attached hydrogens (tertiary/aromatic N) is 3. The van der Waals surface area contributed by atoms with Gasteiger partial charge in [0, 0.05) is 14.1 Å². The van der Waals surface area contributed by atoms with Crippen molar-refractivity contribution < 1.29 is 14.3 Å². The number of carbonyl (C=O) groups is 2. The average molecular weight is 377 g/mol. The van der Waals surface area contributed by atoms with E-state index in [0.717, 1.165) is 0 Å². The van der Waals surface area contributed by atoms with Crippen LogP contribution in [-0.4, -0.2) is 52.8 Å². The third-order valence-electron chi connectivity index (χ3n) is 3.86. The number of fused-ring (bicyclic) bond motifs is 1. The van der Waals surface area contributed by atoms with Crippen molar-refractivity contribution in [1.82, 2.24) is 14.5 Å². The number of aromatic nitrogens is 2. The Bertz CT molecular complexity index is 876. The third-order valence-corrected chi connectivity index (χ3v) is 5.39. The Morgan fingerprint density at radius 3 is 2.50 bits per heavy atom. The van der Waals surface area contributed by atoms with Gasteiger partial charge in [-0.05, 0) is 18.1 Å². The van der Waals surface area contributed by atoms with E-state index in [0.29, 0.717) is 16.1 Å². The van der Waals surface area contributed by atoms with Crippen molar-refractivity contribution in [1.29, 1.82) is 0 Å². The maximum atomic E-state index is 12.9. The van der Waals surface area contributed by atoms with Gasteiger partial charge in [0.1, 0.15) is 6.54 Å². The third kappa shape index (κ3) is 4.24. The second-order valence-corrected chi connectivity index (χ2v) is 7.50. The van der Waals surface area contributed by atoms with E-state index in [4.69, 9.17) is 4.74 Å². The number of esters is 1. The van der Waals surface area contributed by atoms with E-state index < -0.39 is 11.2 Å². The zero-order chi connectivity index (χ0) is 19.4. The first kappa shape index (κ1) is 20.0. The molecule has 1 atom stereocenters. The first-order valence-electron chi connectivity index (χ1n) is 8.20. The van der Waals surface area contributed by atoms with Gasteiger partial charge >= 0.3 is 5.97 Å². The fourth-order valence-electron chi connectivity index (χ4n) is 2.41. The first-order chi connectivity index (χ1) is 12.3. The largest absolute Gasteiger partial charge is 0.468 e. The SMILES string of the molecule is COC(=O)Cn1c(S[C@H](C(=O)N(C)C)C(C)C)nc2ccccc2c1=O. The number of ether oxygens (including phenoxy) is 1. The van der Waals surface area contributed by atoms with Gasteiger partial charge in [-0.2, -0.15) is 0 Å². The van der Waals surface area contributed by atoms with Gasteiger partial charge in [0.15, 0.2) is 5.16 Å². The van der Waals surface area contributed by atoms with Gasteiger partial charge in [-0.1, -0.05) is 37.7 Å². The van der Waals surface area contributed by atoms with Crippen LogP contribution >= 0.6 is 11.8 Å². The summed E-state index contributed by atoms with van der Waals surface area (Å²) < 4.78 is 5.98. The molecular formula is C18H23N3O4S. The fourth-order valence-corrected chi connectivity index (χ4v) is 3.65. The molecule has 0 aliphatic heterocycles. The lowest BCUT2D eigenvalue weighted by atomic mass is 10.1. The van der Waals surface area contributed by atoms with Gasteiger partial charge in [0.25, 0.3) is 5.56 Å². The molecule has 7 nitrogen and oxygen atoms in total. The van der Waals surface area contributed by atoms with Crippen molar-refractivity contribution in [2.45, 2.75) is 30.8 Å². The summed E-state index contributed by atoms with van der Waals surface area (Å²) in [6.07, 6.45) is 0. The molecule has 0 radical (unpaired) electrons. The number of carbonyl (C=O) groups excluding carboxylic acids is 2. The minimum absolute atomic E-state index is 0.0184. The molecule has 2 aromatic rings. The molecule has 0 aliphatic carbocycles. The molecule has 0 saturated heterocycles. The van der Waals surface area contributed by atoms with Crippen molar-refractivity contribution in [3.63, 3.8) is 0 Å². The van der Waals surface area contributed by atoms with Crippen LogP contribution in [0.1, 0.15) is 13.8 Å². The van der Waals surface area contributed by atoms with Crippen molar-refractivity contribution in [3.05, 3.63) is 34.6 Å². The van der Waals surface area contributed by atoms with E-state index in [1.807, 2.05) is 13.8 Å². The van der Waals surface area contributed by atoms with E-state index >= 15 is 0 Å². The summed E-state index contributed by atoms with van der Waals surface area (Å²) in [5.74, 6) is -0.604. The molecule has 0 spiro atoms. The molecule has 0 aliphatic rings. The summed E-state index contributed by atoms with van der Waals surface area (Å²) in [5, 5.41) is 0.316. The molecule has 1 aromatic heterocycles. The Hall–Kier alpha value is -2.35. The van der Waals surface area contributed by atoms with Crippen LogP contribution in [0.5, 0.6) is 0 Å². The number of amides is 1. The molecule has 0 fully saturated rings. The van der Waals surface area contributed by atoms with Crippen LogP contribution in [0.3, 0.4) is 0 Å². The highest BCUT2D eigenvalue weighted by molar-refractivity contribution is 8.00. The van der Waals surface area contributed by atoms with E-state index in [9.17, 15) is 14.4 Å². The Morgan fingerprint density at radius 2 is 1.92 bits per heavy atom. The lowest BCUT2D eigenvalue weighted by Gasteiger charge is -2.24. The molecule has 26 heavy (non-hydrogen) atoms. The quantitative estimate of drug-likeness (QED) is 0.434. The normalized spacial score (nSPS) is 12.2. The molecule has 1 amide bonds. The molecule has 1 heterocycles. The minimum Gasteiger partial charge on any atom is -0.468 e. The highest BCUT2D eigenvalue weighted by Crippen LogP contribution is 2.28. The first-order valence-corrected chi connectivity index (χ1v) is 9.08. The van der Waals surface area contributed by atoms with Crippen molar-refractivity contribution in [3.8, 4) is 0 Å². The van der Waals surface area contributed by atoms with Gasteiger partial charge in [-0.3, -0.25) is 19.0 Å². The van der Waals surface area contributed by atoms with Gasteiger partial charge in [0.2, 0.25) is 5.91 Å². The van der Waals surface area contributed by atoms with E-state index in [-0.39, 0.29) is 23.9 Å². The lowest BCUT2D eigenvalue weighted by Crippen LogP contribution is -2.36. The second-order valence-electron chi connectivity index (χ2n) is 6.39. The Kier molecular flexibility index (Phi) is 6.42. The molecule has 140 valence electrons. The zero-order valence-corrected chi connectivity index (χ0v) is 16.4. The number of rotatable bonds is 6. The van der Waals surface area contributed by atoms with Crippen molar-refractivity contribution in [2.24, 2.45) is 5.92 Å². The standard InChI is InChI=1S/C18H23N3O4S/c1-11(2)15(17(24)20(3)4)26-18-19-13-9-7-6-8-12(13)16(23)21(18)10-14(22)25-5/h6-9,11,15H,10H2,1-5H3/t15-/m0/s1. The second kappa shape index (κ2) is 8.35. The van der Waals surface area contributed by atoms with E-state index in [1.54, 1.807) is 38.4 Å². The Labute approximate surface area is 156 Å². The fraction of sp³-hybridized carbons (Fsp3) is 0.444. The predicted molar refractivity (Wildman–Crippen MR) is 101 cm³/mol. The maximum absolute atomic E-state index is 12.9. The van der Waals surface area contributed by atoms with Crippen LogP contribution in [0.25, 0.3) is 10.9 Å². The summed E-state index contributed by atoms with van der Waals surface area (Å²) in [5.41, 5.74) is 0.198. The summed E-state index contributed by atoms with van der Waals surface area (Å²) in [6.45, 7) is 3.61. The summed E-state index contributed by atoms with van der Waals surface area (Å²) in [7, 11) is 4.64. The monoisotopic (exact) mass is 377 g/mol. The van der Waals surface area contributed by atoms with E-state index in [2.05, 4.69) is 4.98 Å². The smallest absolute Gasteiger partial charge is 0.325 e. The number of para-hydroxylation sites is 1. The predicted octanol–water partition coefficient (Wildman–Crippen LogP) is 1.77. The molecule has 0 saturated carbocycles.